The normalized spacial score (nSPS) is 26.1. The molecule has 5 nitrogen and oxygen atoms in total. The zero-order valence-corrected chi connectivity index (χ0v) is 16.3. The number of carbonyl (C=O) groups is 2. The van der Waals surface area contributed by atoms with Gasteiger partial charge in [-0.2, -0.15) is 0 Å². The quantitative estimate of drug-likeness (QED) is 0.785. The lowest BCUT2D eigenvalue weighted by atomic mass is 9.90. The average Bonchev–Trinajstić information content (AvgIpc) is 3.13. The summed E-state index contributed by atoms with van der Waals surface area (Å²) in [6, 6.07) is 5.00. The van der Waals surface area contributed by atoms with E-state index in [1.807, 2.05) is 0 Å². The van der Waals surface area contributed by atoms with Crippen molar-refractivity contribution in [2.24, 2.45) is 17.1 Å². The van der Waals surface area contributed by atoms with Crippen LogP contribution in [-0.2, 0) is 9.59 Å². The Hall–Kier alpha value is -1.01. The Morgan fingerprint density at radius 1 is 1.36 bits per heavy atom. The predicted octanol–water partition coefficient (Wildman–Crippen LogP) is 2.97. The number of amides is 2. The molecule has 2 N–H and O–H groups in total. The Labute approximate surface area is 163 Å². The smallest absolute Gasteiger partial charge is 0.239 e. The molecule has 2 saturated heterocycles. The molecule has 2 heterocycles. The molecule has 0 saturated carbocycles. The number of likely N-dealkylation sites (tertiary alicyclic amines) is 1. The van der Waals surface area contributed by atoms with Crippen molar-refractivity contribution in [3.8, 4) is 0 Å². The molecule has 1 aromatic carbocycles. The average molecular weight is 407 g/mol. The Morgan fingerprint density at radius 3 is 2.72 bits per heavy atom. The second-order valence-electron chi connectivity index (χ2n) is 6.95. The number of anilines is 1. The number of halogens is 3. The second-order valence-corrected chi connectivity index (χ2v) is 7.80. The predicted molar refractivity (Wildman–Crippen MR) is 103 cm³/mol. The highest BCUT2D eigenvalue weighted by Crippen LogP contribution is 2.35. The Balaban J connectivity index is 0.00000225. The monoisotopic (exact) mass is 405 g/mol. The van der Waals surface area contributed by atoms with Gasteiger partial charge in [0, 0.05) is 24.7 Å². The summed E-state index contributed by atoms with van der Waals surface area (Å²) in [6.45, 7) is 4.37. The molecule has 8 heteroatoms. The van der Waals surface area contributed by atoms with Crippen molar-refractivity contribution < 1.29 is 9.59 Å². The molecule has 2 amide bonds. The fourth-order valence-electron chi connectivity index (χ4n) is 3.44. The third-order valence-corrected chi connectivity index (χ3v) is 5.62. The van der Waals surface area contributed by atoms with Gasteiger partial charge in [0.15, 0.2) is 0 Å². The van der Waals surface area contributed by atoms with E-state index in [4.69, 9.17) is 28.9 Å². The number of rotatable bonds is 3. The molecule has 2 aliphatic heterocycles. The summed E-state index contributed by atoms with van der Waals surface area (Å²) in [5, 5.41) is 0.966. The highest BCUT2D eigenvalue weighted by Gasteiger charge is 2.43. The summed E-state index contributed by atoms with van der Waals surface area (Å²) in [5.74, 6) is -0.941. The molecule has 0 spiro atoms. The second kappa shape index (κ2) is 7.70. The number of benzene rings is 1. The molecule has 1 aromatic rings. The van der Waals surface area contributed by atoms with Crippen molar-refractivity contribution in [1.82, 2.24) is 4.90 Å². The summed E-state index contributed by atoms with van der Waals surface area (Å²) >= 11 is 12.2. The van der Waals surface area contributed by atoms with Crippen LogP contribution in [-0.4, -0.2) is 42.9 Å². The van der Waals surface area contributed by atoms with Gasteiger partial charge in [-0.15, -0.1) is 12.4 Å². The molecule has 0 aliphatic carbocycles. The molecule has 3 rings (SSSR count). The molecule has 2 unspecified atom stereocenters. The van der Waals surface area contributed by atoms with Crippen LogP contribution in [0.1, 0.15) is 19.8 Å². The van der Waals surface area contributed by atoms with E-state index < -0.39 is 5.92 Å². The van der Waals surface area contributed by atoms with Gasteiger partial charge in [0.2, 0.25) is 11.8 Å². The highest BCUT2D eigenvalue weighted by molar-refractivity contribution is 6.36. The molecule has 0 radical (unpaired) electrons. The summed E-state index contributed by atoms with van der Waals surface area (Å²) in [7, 11) is 0. The minimum atomic E-state index is -0.639. The van der Waals surface area contributed by atoms with E-state index in [0.29, 0.717) is 48.3 Å². The van der Waals surface area contributed by atoms with Gasteiger partial charge < -0.3 is 15.5 Å². The fraction of sp³-hybridized carbons (Fsp3) is 0.529. The molecule has 0 aromatic heterocycles. The first-order chi connectivity index (χ1) is 11.3. The van der Waals surface area contributed by atoms with Crippen molar-refractivity contribution in [2.45, 2.75) is 19.8 Å². The summed E-state index contributed by atoms with van der Waals surface area (Å²) < 4.78 is 0. The zero-order valence-electron chi connectivity index (χ0n) is 14.0. The van der Waals surface area contributed by atoms with Gasteiger partial charge in [-0.3, -0.25) is 9.59 Å². The first-order valence-corrected chi connectivity index (χ1v) is 8.85. The first kappa shape index (κ1) is 20.3. The molecule has 0 bridgehead atoms. The number of carbonyl (C=O) groups excluding carboxylic acids is 2. The van der Waals surface area contributed by atoms with Crippen LogP contribution in [0.25, 0.3) is 0 Å². The molecular formula is C17H22Cl3N3O2. The van der Waals surface area contributed by atoms with Crippen molar-refractivity contribution in [1.29, 1.82) is 0 Å². The molecule has 25 heavy (non-hydrogen) atoms. The lowest BCUT2D eigenvalue weighted by molar-refractivity contribution is -0.139. The number of nitrogens with two attached hydrogens (primary N) is 1. The standard InChI is InChI=1S/C17H21Cl2N3O2.ClH/c1-17(9-20)5-7-21(10-17)15(23)12-4-6-22(16(12)24)14-8-11(18)2-3-13(14)19;/h2-3,8,12H,4-7,9-10,20H2,1H3;1H. The van der Waals surface area contributed by atoms with Crippen LogP contribution in [0.3, 0.4) is 0 Å². The lowest BCUT2D eigenvalue weighted by Crippen LogP contribution is -2.40. The van der Waals surface area contributed by atoms with E-state index in [9.17, 15) is 9.59 Å². The van der Waals surface area contributed by atoms with Gasteiger partial charge in [0.05, 0.1) is 10.7 Å². The maximum Gasteiger partial charge on any atom is 0.239 e. The minimum absolute atomic E-state index is 0. The van der Waals surface area contributed by atoms with Gasteiger partial charge in [0.25, 0.3) is 0 Å². The van der Waals surface area contributed by atoms with Crippen LogP contribution in [0.2, 0.25) is 10.0 Å². The van der Waals surface area contributed by atoms with Gasteiger partial charge in [-0.1, -0.05) is 30.1 Å². The van der Waals surface area contributed by atoms with E-state index >= 15 is 0 Å². The largest absolute Gasteiger partial charge is 0.341 e. The number of hydrogen-bond donors (Lipinski definition) is 1. The summed E-state index contributed by atoms with van der Waals surface area (Å²) in [4.78, 5) is 28.9. The maximum atomic E-state index is 12.8. The highest BCUT2D eigenvalue weighted by atomic mass is 35.5. The van der Waals surface area contributed by atoms with E-state index in [1.54, 1.807) is 28.0 Å². The van der Waals surface area contributed by atoms with Gasteiger partial charge in [-0.05, 0) is 43.0 Å². The Bertz CT molecular complexity index is 685. The number of hydrogen-bond acceptors (Lipinski definition) is 3. The maximum absolute atomic E-state index is 12.8. The van der Waals surface area contributed by atoms with Crippen LogP contribution in [0.15, 0.2) is 18.2 Å². The SMILES string of the molecule is CC1(CN)CCN(C(=O)C2CCN(c3cc(Cl)ccc3Cl)C2=O)C1.Cl. The lowest BCUT2D eigenvalue weighted by Gasteiger charge is -2.24. The molecule has 2 aliphatic rings. The molecular weight excluding hydrogens is 385 g/mol. The van der Waals surface area contributed by atoms with Crippen LogP contribution >= 0.6 is 35.6 Å². The van der Waals surface area contributed by atoms with Crippen LogP contribution in [0.5, 0.6) is 0 Å². The third kappa shape index (κ3) is 3.90. The fourth-order valence-corrected chi connectivity index (χ4v) is 3.83. The van der Waals surface area contributed by atoms with E-state index in [0.717, 1.165) is 6.42 Å². The van der Waals surface area contributed by atoms with E-state index in [1.165, 1.54) is 0 Å². The van der Waals surface area contributed by atoms with E-state index in [-0.39, 0.29) is 29.6 Å². The molecule has 2 atom stereocenters. The Morgan fingerprint density at radius 2 is 2.08 bits per heavy atom. The third-order valence-electron chi connectivity index (χ3n) is 5.06. The Kier molecular flexibility index (Phi) is 6.26. The van der Waals surface area contributed by atoms with E-state index in [2.05, 4.69) is 6.92 Å². The number of nitrogens with zero attached hydrogens (tertiary/aromatic N) is 2. The van der Waals surface area contributed by atoms with Crippen molar-refractivity contribution in [2.75, 3.05) is 31.1 Å². The van der Waals surface area contributed by atoms with Gasteiger partial charge in [-0.25, -0.2) is 0 Å². The zero-order chi connectivity index (χ0) is 17.5. The van der Waals surface area contributed by atoms with Crippen molar-refractivity contribution in [3.63, 3.8) is 0 Å². The summed E-state index contributed by atoms with van der Waals surface area (Å²) in [5.41, 5.74) is 6.32. The topological polar surface area (TPSA) is 66.6 Å². The summed E-state index contributed by atoms with van der Waals surface area (Å²) in [6.07, 6.45) is 1.37. The van der Waals surface area contributed by atoms with Crippen LogP contribution in [0, 0.1) is 11.3 Å². The minimum Gasteiger partial charge on any atom is -0.341 e. The molecule has 2 fully saturated rings. The van der Waals surface area contributed by atoms with Crippen molar-refractivity contribution >= 4 is 53.1 Å². The molecule has 138 valence electrons. The van der Waals surface area contributed by atoms with Gasteiger partial charge in [0.1, 0.15) is 5.92 Å². The van der Waals surface area contributed by atoms with Gasteiger partial charge >= 0.3 is 0 Å². The van der Waals surface area contributed by atoms with Crippen molar-refractivity contribution in [3.05, 3.63) is 28.2 Å². The van der Waals surface area contributed by atoms with Crippen LogP contribution in [0.4, 0.5) is 5.69 Å². The first-order valence-electron chi connectivity index (χ1n) is 8.10. The van der Waals surface area contributed by atoms with Crippen LogP contribution < -0.4 is 10.6 Å².